The topological polar surface area (TPSA) is 68.0 Å². The normalized spacial score (nSPS) is 13.5. The lowest BCUT2D eigenvalue weighted by molar-refractivity contribution is -0.122. The Labute approximate surface area is 119 Å². The van der Waals surface area contributed by atoms with E-state index in [1.54, 1.807) is 12.4 Å². The molecule has 2 aromatic rings. The van der Waals surface area contributed by atoms with E-state index in [1.807, 2.05) is 49.4 Å². The minimum Gasteiger partial charge on any atom is -0.350 e. The molecule has 0 saturated heterocycles. The number of benzene rings is 1. The fourth-order valence-corrected chi connectivity index (χ4v) is 2.05. The number of carbonyl (C=O) groups excluding carboxylic acids is 1. The molecule has 20 heavy (non-hydrogen) atoms. The molecular weight excluding hydrogens is 250 g/mol. The number of hydrogen-bond acceptors (Lipinski definition) is 3. The Morgan fingerprint density at radius 1 is 1.15 bits per heavy atom. The van der Waals surface area contributed by atoms with Crippen molar-refractivity contribution in [3.8, 4) is 0 Å². The third-order valence-electron chi connectivity index (χ3n) is 3.22. The number of nitrogens with zero attached hydrogens (tertiary/aromatic N) is 1. The first-order valence-corrected chi connectivity index (χ1v) is 6.66. The number of nitrogens with two attached hydrogens (primary N) is 1. The second kappa shape index (κ2) is 6.82. The summed E-state index contributed by atoms with van der Waals surface area (Å²) in [7, 11) is 0. The van der Waals surface area contributed by atoms with E-state index in [0.717, 1.165) is 11.1 Å². The van der Waals surface area contributed by atoms with Crippen LogP contribution in [0.2, 0.25) is 0 Å². The van der Waals surface area contributed by atoms with Gasteiger partial charge >= 0.3 is 0 Å². The van der Waals surface area contributed by atoms with Gasteiger partial charge in [-0.2, -0.15) is 0 Å². The molecule has 3 N–H and O–H groups in total. The van der Waals surface area contributed by atoms with Gasteiger partial charge in [-0.15, -0.1) is 0 Å². The zero-order chi connectivity index (χ0) is 14.4. The molecule has 0 saturated carbocycles. The average Bonchev–Trinajstić information content (AvgIpc) is 2.49. The predicted octanol–water partition coefficient (Wildman–Crippen LogP) is 2.35. The first kappa shape index (κ1) is 14.2. The van der Waals surface area contributed by atoms with Crippen molar-refractivity contribution in [2.24, 2.45) is 5.73 Å². The Kier molecular flexibility index (Phi) is 4.85. The summed E-state index contributed by atoms with van der Waals surface area (Å²) in [6.45, 7) is 1.95. The van der Waals surface area contributed by atoms with Crippen molar-refractivity contribution in [1.82, 2.24) is 10.3 Å². The zero-order valence-electron chi connectivity index (χ0n) is 11.5. The van der Waals surface area contributed by atoms with E-state index < -0.39 is 0 Å². The van der Waals surface area contributed by atoms with E-state index in [-0.39, 0.29) is 24.4 Å². The highest BCUT2D eigenvalue weighted by Gasteiger charge is 2.14. The summed E-state index contributed by atoms with van der Waals surface area (Å²) < 4.78 is 0. The van der Waals surface area contributed by atoms with Gasteiger partial charge in [-0.3, -0.25) is 9.78 Å². The van der Waals surface area contributed by atoms with Crippen molar-refractivity contribution in [2.75, 3.05) is 0 Å². The smallest absolute Gasteiger partial charge is 0.222 e. The second-order valence-corrected chi connectivity index (χ2v) is 4.79. The third-order valence-corrected chi connectivity index (χ3v) is 3.22. The van der Waals surface area contributed by atoms with Crippen molar-refractivity contribution < 1.29 is 4.79 Å². The van der Waals surface area contributed by atoms with Crippen LogP contribution in [0.4, 0.5) is 0 Å². The summed E-state index contributed by atoms with van der Waals surface area (Å²) >= 11 is 0. The van der Waals surface area contributed by atoms with Crippen LogP contribution in [0.25, 0.3) is 0 Å². The largest absolute Gasteiger partial charge is 0.350 e. The van der Waals surface area contributed by atoms with Crippen molar-refractivity contribution in [2.45, 2.75) is 25.4 Å². The highest BCUT2D eigenvalue weighted by Crippen LogP contribution is 2.15. The Bertz CT molecular complexity index is 493. The third kappa shape index (κ3) is 3.90. The Hall–Kier alpha value is -2.20. The van der Waals surface area contributed by atoms with E-state index in [1.165, 1.54) is 0 Å². The second-order valence-electron chi connectivity index (χ2n) is 4.79. The van der Waals surface area contributed by atoms with Gasteiger partial charge in [-0.05, 0) is 30.2 Å². The maximum absolute atomic E-state index is 12.0. The summed E-state index contributed by atoms with van der Waals surface area (Å²) in [5.74, 6) is -0.0503. The van der Waals surface area contributed by atoms with Gasteiger partial charge in [0.1, 0.15) is 0 Å². The first-order chi connectivity index (χ1) is 9.66. The molecule has 1 amide bonds. The summed E-state index contributed by atoms with van der Waals surface area (Å²) in [5.41, 5.74) is 8.04. The van der Waals surface area contributed by atoms with Gasteiger partial charge in [0.2, 0.25) is 5.91 Å². The number of carbonyl (C=O) groups is 1. The number of amides is 1. The van der Waals surface area contributed by atoms with Crippen LogP contribution in [0.1, 0.15) is 36.6 Å². The van der Waals surface area contributed by atoms with E-state index in [4.69, 9.17) is 5.73 Å². The van der Waals surface area contributed by atoms with Gasteiger partial charge in [-0.25, -0.2) is 0 Å². The minimum absolute atomic E-state index is 0.0477. The molecule has 2 rings (SSSR count). The lowest BCUT2D eigenvalue weighted by Crippen LogP contribution is -2.29. The van der Waals surface area contributed by atoms with Gasteiger partial charge in [0.15, 0.2) is 0 Å². The summed E-state index contributed by atoms with van der Waals surface area (Å²) in [6.07, 6.45) is 3.71. The Morgan fingerprint density at radius 3 is 2.45 bits per heavy atom. The molecule has 0 fully saturated rings. The highest BCUT2D eigenvalue weighted by atomic mass is 16.1. The van der Waals surface area contributed by atoms with Crippen LogP contribution in [-0.2, 0) is 4.79 Å². The zero-order valence-corrected chi connectivity index (χ0v) is 11.5. The molecule has 104 valence electrons. The van der Waals surface area contributed by atoms with Gasteiger partial charge in [0, 0.05) is 24.9 Å². The van der Waals surface area contributed by atoms with Crippen LogP contribution in [0, 0.1) is 0 Å². The van der Waals surface area contributed by atoms with E-state index in [9.17, 15) is 4.79 Å². The van der Waals surface area contributed by atoms with Crippen molar-refractivity contribution in [1.29, 1.82) is 0 Å². The van der Waals surface area contributed by atoms with Crippen LogP contribution in [0.3, 0.4) is 0 Å². The molecule has 1 heterocycles. The number of pyridine rings is 1. The molecule has 0 spiro atoms. The van der Waals surface area contributed by atoms with Gasteiger partial charge in [-0.1, -0.05) is 30.3 Å². The number of rotatable bonds is 5. The monoisotopic (exact) mass is 269 g/mol. The summed E-state index contributed by atoms with van der Waals surface area (Å²) in [5, 5.41) is 2.95. The quantitative estimate of drug-likeness (QED) is 0.875. The van der Waals surface area contributed by atoms with Crippen molar-refractivity contribution >= 4 is 5.91 Å². The van der Waals surface area contributed by atoms with Crippen molar-refractivity contribution in [3.05, 3.63) is 66.0 Å². The maximum atomic E-state index is 12.0. The van der Waals surface area contributed by atoms with Crippen LogP contribution in [0.5, 0.6) is 0 Å². The molecule has 0 aliphatic heterocycles. The van der Waals surface area contributed by atoms with E-state index in [0.29, 0.717) is 0 Å². The summed E-state index contributed by atoms with van der Waals surface area (Å²) in [6, 6.07) is 13.1. The molecule has 0 bridgehead atoms. The molecule has 1 aromatic heterocycles. The molecule has 1 unspecified atom stereocenters. The van der Waals surface area contributed by atoms with Crippen molar-refractivity contribution in [3.63, 3.8) is 0 Å². The van der Waals surface area contributed by atoms with Crippen LogP contribution in [-0.4, -0.2) is 10.9 Å². The molecular formula is C16H19N3O. The van der Waals surface area contributed by atoms with E-state index in [2.05, 4.69) is 10.3 Å². The summed E-state index contributed by atoms with van der Waals surface area (Å²) in [4.78, 5) is 16.0. The minimum atomic E-state index is -0.277. The SMILES string of the molecule is C[C@H](NC(=O)CC(N)c1ccccc1)c1ccncc1. The fraction of sp³-hybridized carbons (Fsp3) is 0.250. The van der Waals surface area contributed by atoms with Crippen LogP contribution < -0.4 is 11.1 Å². The van der Waals surface area contributed by atoms with Crippen LogP contribution >= 0.6 is 0 Å². The molecule has 1 aromatic carbocycles. The molecule has 2 atom stereocenters. The molecule has 0 aliphatic rings. The first-order valence-electron chi connectivity index (χ1n) is 6.66. The lowest BCUT2D eigenvalue weighted by atomic mass is 10.0. The number of aromatic nitrogens is 1. The number of hydrogen-bond donors (Lipinski definition) is 2. The van der Waals surface area contributed by atoms with Gasteiger partial charge in [0.25, 0.3) is 0 Å². The Morgan fingerprint density at radius 2 is 1.80 bits per heavy atom. The van der Waals surface area contributed by atoms with Gasteiger partial charge in [0.05, 0.1) is 6.04 Å². The Balaban J connectivity index is 1.90. The predicted molar refractivity (Wildman–Crippen MR) is 78.8 cm³/mol. The standard InChI is InChI=1S/C16H19N3O/c1-12(13-7-9-18-10-8-13)19-16(20)11-15(17)14-5-3-2-4-6-14/h2-10,12,15H,11,17H2,1H3,(H,19,20)/t12-,15?/m0/s1. The van der Waals surface area contributed by atoms with Crippen LogP contribution in [0.15, 0.2) is 54.9 Å². The lowest BCUT2D eigenvalue weighted by Gasteiger charge is -2.16. The maximum Gasteiger partial charge on any atom is 0.222 e. The van der Waals surface area contributed by atoms with Gasteiger partial charge < -0.3 is 11.1 Å². The fourth-order valence-electron chi connectivity index (χ4n) is 2.05. The number of nitrogens with one attached hydrogen (secondary N) is 1. The highest BCUT2D eigenvalue weighted by molar-refractivity contribution is 5.77. The molecule has 0 aliphatic carbocycles. The molecule has 4 nitrogen and oxygen atoms in total. The average molecular weight is 269 g/mol. The molecule has 0 radical (unpaired) electrons. The van der Waals surface area contributed by atoms with E-state index >= 15 is 0 Å². The molecule has 4 heteroatoms.